The summed E-state index contributed by atoms with van der Waals surface area (Å²) in [6.45, 7) is 4.21. The molecule has 33 heavy (non-hydrogen) atoms. The minimum absolute atomic E-state index is 0.165. The molecule has 0 spiro atoms. The standard InChI is InChI=1S/C24H26N4O5/c1-3-32-20-8-4-18(5-9-20)22-12-13-24(31)28(27-22)15-14-25-23(30)16-33-21-10-6-19(7-11-21)26-17(2)29/h4-13H,3,14-16H2,1-2H3,(H,25,30)(H,26,29). The highest BCUT2D eigenvalue weighted by Crippen LogP contribution is 2.20. The summed E-state index contributed by atoms with van der Waals surface area (Å²) in [6.07, 6.45) is 0. The first-order valence-electron chi connectivity index (χ1n) is 10.5. The first kappa shape index (κ1) is 23.5. The zero-order chi connectivity index (χ0) is 23.6. The van der Waals surface area contributed by atoms with Crippen molar-refractivity contribution < 1.29 is 19.1 Å². The Morgan fingerprint density at radius 3 is 2.27 bits per heavy atom. The molecule has 0 unspecified atom stereocenters. The van der Waals surface area contributed by atoms with Gasteiger partial charge in [-0.05, 0) is 61.5 Å². The van der Waals surface area contributed by atoms with Crippen molar-refractivity contribution in [2.75, 3.05) is 25.1 Å². The summed E-state index contributed by atoms with van der Waals surface area (Å²) < 4.78 is 12.2. The van der Waals surface area contributed by atoms with Gasteiger partial charge in [-0.15, -0.1) is 0 Å². The molecule has 172 valence electrons. The Labute approximate surface area is 191 Å². The maximum Gasteiger partial charge on any atom is 0.266 e. The molecule has 0 aliphatic rings. The first-order chi connectivity index (χ1) is 15.9. The van der Waals surface area contributed by atoms with Crippen LogP contribution in [-0.4, -0.2) is 41.4 Å². The second kappa shape index (κ2) is 11.5. The molecular formula is C24H26N4O5. The largest absolute Gasteiger partial charge is 0.494 e. The van der Waals surface area contributed by atoms with E-state index >= 15 is 0 Å². The van der Waals surface area contributed by atoms with Crippen molar-refractivity contribution in [3.05, 3.63) is 71.0 Å². The molecule has 1 aromatic heterocycles. The quantitative estimate of drug-likeness (QED) is 0.491. The summed E-state index contributed by atoms with van der Waals surface area (Å²) in [7, 11) is 0. The van der Waals surface area contributed by atoms with Gasteiger partial charge in [-0.2, -0.15) is 5.10 Å². The number of benzene rings is 2. The highest BCUT2D eigenvalue weighted by Gasteiger charge is 2.07. The number of amides is 2. The Morgan fingerprint density at radius 1 is 0.939 bits per heavy atom. The SMILES string of the molecule is CCOc1ccc(-c2ccc(=O)n(CCNC(=O)COc3ccc(NC(C)=O)cc3)n2)cc1. The van der Waals surface area contributed by atoms with E-state index in [0.717, 1.165) is 11.3 Å². The maximum atomic E-state index is 12.1. The molecule has 0 saturated heterocycles. The molecule has 2 amide bonds. The van der Waals surface area contributed by atoms with Gasteiger partial charge in [0, 0.05) is 30.8 Å². The van der Waals surface area contributed by atoms with Gasteiger partial charge < -0.3 is 20.1 Å². The third-order valence-corrected chi connectivity index (χ3v) is 4.52. The molecule has 0 aliphatic heterocycles. The zero-order valence-electron chi connectivity index (χ0n) is 18.5. The average molecular weight is 450 g/mol. The number of rotatable bonds is 10. The van der Waals surface area contributed by atoms with E-state index < -0.39 is 0 Å². The molecule has 0 atom stereocenters. The van der Waals surface area contributed by atoms with E-state index in [1.165, 1.54) is 17.7 Å². The molecule has 9 nitrogen and oxygen atoms in total. The fraction of sp³-hybridized carbons (Fsp3) is 0.250. The third kappa shape index (κ3) is 7.20. The molecule has 2 N–H and O–H groups in total. The summed E-state index contributed by atoms with van der Waals surface area (Å²) in [6, 6.07) is 17.3. The molecule has 2 aromatic carbocycles. The number of hydrogen-bond donors (Lipinski definition) is 2. The normalized spacial score (nSPS) is 10.4. The third-order valence-electron chi connectivity index (χ3n) is 4.52. The van der Waals surface area contributed by atoms with Gasteiger partial charge >= 0.3 is 0 Å². The van der Waals surface area contributed by atoms with E-state index in [9.17, 15) is 14.4 Å². The average Bonchev–Trinajstić information content (AvgIpc) is 2.80. The summed E-state index contributed by atoms with van der Waals surface area (Å²) in [5, 5.41) is 9.75. The Morgan fingerprint density at radius 2 is 1.61 bits per heavy atom. The van der Waals surface area contributed by atoms with Crippen molar-refractivity contribution >= 4 is 17.5 Å². The van der Waals surface area contributed by atoms with Crippen LogP contribution in [0.5, 0.6) is 11.5 Å². The van der Waals surface area contributed by atoms with Crippen LogP contribution in [0.3, 0.4) is 0 Å². The van der Waals surface area contributed by atoms with Crippen LogP contribution in [0.1, 0.15) is 13.8 Å². The molecule has 0 radical (unpaired) electrons. The van der Waals surface area contributed by atoms with E-state index in [4.69, 9.17) is 9.47 Å². The predicted octanol–water partition coefficient (Wildman–Crippen LogP) is 2.46. The Balaban J connectivity index is 1.49. The first-order valence-corrected chi connectivity index (χ1v) is 10.5. The predicted molar refractivity (Wildman–Crippen MR) is 124 cm³/mol. The van der Waals surface area contributed by atoms with Crippen LogP contribution in [-0.2, 0) is 16.1 Å². The highest BCUT2D eigenvalue weighted by atomic mass is 16.5. The lowest BCUT2D eigenvalue weighted by atomic mass is 10.1. The van der Waals surface area contributed by atoms with E-state index in [0.29, 0.717) is 23.7 Å². The van der Waals surface area contributed by atoms with Crippen molar-refractivity contribution in [2.24, 2.45) is 0 Å². The molecule has 9 heteroatoms. The van der Waals surface area contributed by atoms with Crippen LogP contribution in [0.4, 0.5) is 5.69 Å². The van der Waals surface area contributed by atoms with Crippen LogP contribution in [0, 0.1) is 0 Å². The molecular weight excluding hydrogens is 424 g/mol. The minimum Gasteiger partial charge on any atom is -0.494 e. The highest BCUT2D eigenvalue weighted by molar-refractivity contribution is 5.88. The van der Waals surface area contributed by atoms with E-state index in [1.54, 1.807) is 30.3 Å². The van der Waals surface area contributed by atoms with Crippen LogP contribution in [0.15, 0.2) is 65.5 Å². The van der Waals surface area contributed by atoms with Gasteiger partial charge in [0.05, 0.1) is 18.8 Å². The minimum atomic E-state index is -0.323. The number of carbonyl (C=O) groups is 2. The van der Waals surface area contributed by atoms with E-state index in [-0.39, 0.29) is 37.1 Å². The van der Waals surface area contributed by atoms with Gasteiger partial charge in [0.2, 0.25) is 5.91 Å². The number of nitrogens with zero attached hydrogens (tertiary/aromatic N) is 2. The van der Waals surface area contributed by atoms with Crippen molar-refractivity contribution in [1.29, 1.82) is 0 Å². The number of anilines is 1. The fourth-order valence-corrected chi connectivity index (χ4v) is 2.99. The van der Waals surface area contributed by atoms with Crippen LogP contribution in [0.2, 0.25) is 0 Å². The molecule has 0 saturated carbocycles. The summed E-state index contributed by atoms with van der Waals surface area (Å²) in [4.78, 5) is 35.2. The number of aromatic nitrogens is 2. The number of ether oxygens (including phenoxy) is 2. The summed E-state index contributed by atoms with van der Waals surface area (Å²) in [5.74, 6) is 0.779. The summed E-state index contributed by atoms with van der Waals surface area (Å²) >= 11 is 0. The van der Waals surface area contributed by atoms with Crippen molar-refractivity contribution in [3.8, 4) is 22.8 Å². The lowest BCUT2D eigenvalue weighted by Gasteiger charge is -2.10. The zero-order valence-corrected chi connectivity index (χ0v) is 18.5. The Bertz CT molecular complexity index is 1140. The molecule has 0 bridgehead atoms. The van der Waals surface area contributed by atoms with Crippen LogP contribution in [0.25, 0.3) is 11.3 Å². The maximum absolute atomic E-state index is 12.1. The Hall–Kier alpha value is -4.14. The summed E-state index contributed by atoms with van der Waals surface area (Å²) in [5.41, 5.74) is 1.89. The van der Waals surface area contributed by atoms with Gasteiger partial charge in [-0.25, -0.2) is 4.68 Å². The smallest absolute Gasteiger partial charge is 0.266 e. The lowest BCUT2D eigenvalue weighted by molar-refractivity contribution is -0.123. The topological polar surface area (TPSA) is 112 Å². The van der Waals surface area contributed by atoms with Crippen LogP contribution < -0.4 is 25.7 Å². The van der Waals surface area contributed by atoms with Gasteiger partial charge in [0.1, 0.15) is 11.5 Å². The second-order valence-electron chi connectivity index (χ2n) is 7.08. The number of nitrogens with one attached hydrogen (secondary N) is 2. The Kier molecular flexibility index (Phi) is 8.18. The van der Waals surface area contributed by atoms with E-state index in [1.807, 2.05) is 31.2 Å². The lowest BCUT2D eigenvalue weighted by Crippen LogP contribution is -2.34. The van der Waals surface area contributed by atoms with Gasteiger partial charge in [-0.3, -0.25) is 14.4 Å². The van der Waals surface area contributed by atoms with Gasteiger partial charge in [0.15, 0.2) is 6.61 Å². The van der Waals surface area contributed by atoms with Gasteiger partial charge in [-0.1, -0.05) is 0 Å². The fourth-order valence-electron chi connectivity index (χ4n) is 2.99. The monoisotopic (exact) mass is 450 g/mol. The van der Waals surface area contributed by atoms with Crippen LogP contribution >= 0.6 is 0 Å². The molecule has 3 aromatic rings. The van der Waals surface area contributed by atoms with Crippen molar-refractivity contribution in [1.82, 2.24) is 15.1 Å². The van der Waals surface area contributed by atoms with E-state index in [2.05, 4.69) is 15.7 Å². The molecule has 0 fully saturated rings. The number of carbonyl (C=O) groups excluding carboxylic acids is 2. The van der Waals surface area contributed by atoms with Crippen molar-refractivity contribution in [2.45, 2.75) is 20.4 Å². The second-order valence-corrected chi connectivity index (χ2v) is 7.08. The molecule has 3 rings (SSSR count). The van der Waals surface area contributed by atoms with Gasteiger partial charge in [0.25, 0.3) is 11.5 Å². The molecule has 1 heterocycles. The van der Waals surface area contributed by atoms with Crippen molar-refractivity contribution in [3.63, 3.8) is 0 Å². The number of hydrogen-bond acceptors (Lipinski definition) is 6. The molecule has 0 aliphatic carbocycles.